The lowest BCUT2D eigenvalue weighted by Crippen LogP contribution is -2.26. The molecule has 0 spiro atoms. The van der Waals surface area contributed by atoms with Crippen LogP contribution < -0.4 is 10.6 Å². The molecule has 158 valence electrons. The molecule has 2 N–H and O–H groups in total. The number of rotatable bonds is 9. The van der Waals surface area contributed by atoms with Crippen molar-refractivity contribution >= 4 is 46.7 Å². The summed E-state index contributed by atoms with van der Waals surface area (Å²) in [4.78, 5) is 47.5. The number of hydrogen-bond acceptors (Lipinski definition) is 6. The van der Waals surface area contributed by atoms with E-state index >= 15 is 0 Å². The monoisotopic (exact) mass is 432 g/mol. The lowest BCUT2D eigenvalue weighted by atomic mass is 10.1. The third-order valence-electron chi connectivity index (χ3n) is 3.85. The van der Waals surface area contributed by atoms with Crippen LogP contribution in [0.15, 0.2) is 48.5 Å². The summed E-state index contributed by atoms with van der Waals surface area (Å²) in [6.45, 7) is 2.43. The molecule has 2 rings (SSSR count). The Bertz CT molecular complexity index is 933. The van der Waals surface area contributed by atoms with E-state index < -0.39 is 29.6 Å². The van der Waals surface area contributed by atoms with Crippen LogP contribution in [-0.4, -0.2) is 41.2 Å². The summed E-state index contributed by atoms with van der Waals surface area (Å²) in [6, 6.07) is 11.8. The number of halogens is 1. The van der Waals surface area contributed by atoms with Crippen molar-refractivity contribution in [3.63, 3.8) is 0 Å². The zero-order valence-corrected chi connectivity index (χ0v) is 17.3. The highest BCUT2D eigenvalue weighted by molar-refractivity contribution is 8.01. The third kappa shape index (κ3) is 7.32. The summed E-state index contributed by atoms with van der Waals surface area (Å²) in [6.07, 6.45) is 0. The molecule has 2 amide bonds. The van der Waals surface area contributed by atoms with Crippen LogP contribution in [0.3, 0.4) is 0 Å². The van der Waals surface area contributed by atoms with Crippen LogP contribution in [0.1, 0.15) is 24.2 Å². The minimum atomic E-state index is -0.679. The first-order valence-corrected chi connectivity index (χ1v) is 10.0. The fourth-order valence-corrected chi connectivity index (χ4v) is 3.02. The molecule has 0 bridgehead atoms. The topological polar surface area (TPSA) is 102 Å². The fraction of sp³-hybridized carbons (Fsp3) is 0.238. The maximum absolute atomic E-state index is 12.9. The van der Waals surface area contributed by atoms with Gasteiger partial charge in [-0.3, -0.25) is 19.2 Å². The Hall–Kier alpha value is -3.20. The normalized spacial score (nSPS) is 11.3. The summed E-state index contributed by atoms with van der Waals surface area (Å²) in [5.74, 6) is -2.22. The Morgan fingerprint density at radius 1 is 1.00 bits per heavy atom. The smallest absolute Gasteiger partial charge is 0.319 e. The molecular weight excluding hydrogens is 411 g/mol. The Morgan fingerprint density at radius 2 is 1.67 bits per heavy atom. The number of nitrogens with one attached hydrogen (secondary N) is 2. The van der Waals surface area contributed by atoms with E-state index in [2.05, 4.69) is 10.6 Å². The highest BCUT2D eigenvalue weighted by atomic mass is 32.2. The Kier molecular flexibility index (Phi) is 8.54. The zero-order chi connectivity index (χ0) is 22.1. The summed E-state index contributed by atoms with van der Waals surface area (Å²) < 4.78 is 17.8. The Morgan fingerprint density at radius 3 is 2.33 bits per heavy atom. The minimum absolute atomic E-state index is 0.0220. The average Bonchev–Trinajstić information content (AvgIpc) is 2.72. The van der Waals surface area contributed by atoms with Gasteiger partial charge in [0.2, 0.25) is 5.91 Å². The van der Waals surface area contributed by atoms with E-state index in [9.17, 15) is 23.6 Å². The highest BCUT2D eigenvalue weighted by Gasteiger charge is 2.18. The number of benzene rings is 2. The van der Waals surface area contributed by atoms with Gasteiger partial charge >= 0.3 is 5.97 Å². The van der Waals surface area contributed by atoms with Gasteiger partial charge in [0.25, 0.3) is 5.91 Å². The molecule has 7 nitrogen and oxygen atoms in total. The number of amides is 2. The number of ketones is 1. The summed E-state index contributed by atoms with van der Waals surface area (Å²) >= 11 is 1.04. The second-order valence-corrected chi connectivity index (χ2v) is 7.60. The summed E-state index contributed by atoms with van der Waals surface area (Å²) in [5, 5.41) is 4.44. The molecule has 0 aliphatic rings. The lowest BCUT2D eigenvalue weighted by Gasteiger charge is -2.12. The largest absolute Gasteiger partial charge is 0.455 e. The molecule has 0 aromatic heterocycles. The lowest BCUT2D eigenvalue weighted by molar-refractivity contribution is -0.146. The second-order valence-electron chi connectivity index (χ2n) is 6.27. The predicted octanol–water partition coefficient (Wildman–Crippen LogP) is 3.27. The van der Waals surface area contributed by atoms with Gasteiger partial charge in [-0.2, -0.15) is 0 Å². The maximum atomic E-state index is 12.9. The predicted molar refractivity (Wildman–Crippen MR) is 113 cm³/mol. The van der Waals surface area contributed by atoms with E-state index in [0.717, 1.165) is 11.8 Å². The van der Waals surface area contributed by atoms with E-state index in [4.69, 9.17) is 4.74 Å². The summed E-state index contributed by atoms with van der Waals surface area (Å²) in [7, 11) is 0. The third-order valence-corrected chi connectivity index (χ3v) is 4.97. The molecule has 1 unspecified atom stereocenters. The molecule has 0 heterocycles. The highest BCUT2D eigenvalue weighted by Crippen LogP contribution is 2.16. The first-order chi connectivity index (χ1) is 14.3. The van der Waals surface area contributed by atoms with Crippen molar-refractivity contribution in [3.8, 4) is 0 Å². The standard InChI is InChI=1S/C21H21FN2O5S/c1-13(25)17-5-3-4-6-18(17)24-19(26)11-29-21(28)14(2)30-12-20(27)23-16-9-7-15(22)8-10-16/h3-10,14H,11-12H2,1-2H3,(H,23,27)(H,24,26). The van der Waals surface area contributed by atoms with Gasteiger partial charge in [0.05, 0.1) is 11.4 Å². The van der Waals surface area contributed by atoms with E-state index in [-0.39, 0.29) is 17.4 Å². The summed E-state index contributed by atoms with van der Waals surface area (Å²) in [5.41, 5.74) is 1.14. The van der Waals surface area contributed by atoms with Gasteiger partial charge in [0.15, 0.2) is 12.4 Å². The van der Waals surface area contributed by atoms with Crippen molar-refractivity contribution in [2.24, 2.45) is 0 Å². The number of thioether (sulfide) groups is 1. The molecular formula is C21H21FN2O5S. The van der Waals surface area contributed by atoms with Crippen LogP contribution in [0, 0.1) is 5.82 Å². The van der Waals surface area contributed by atoms with Gasteiger partial charge in [-0.05, 0) is 50.2 Å². The molecule has 0 saturated carbocycles. The molecule has 9 heteroatoms. The van der Waals surface area contributed by atoms with Crippen LogP contribution in [0.5, 0.6) is 0 Å². The molecule has 0 saturated heterocycles. The zero-order valence-electron chi connectivity index (χ0n) is 16.4. The molecule has 2 aromatic rings. The van der Waals surface area contributed by atoms with E-state index in [0.29, 0.717) is 16.9 Å². The fourth-order valence-electron chi connectivity index (χ4n) is 2.34. The van der Waals surface area contributed by atoms with Gasteiger partial charge in [-0.1, -0.05) is 12.1 Å². The van der Waals surface area contributed by atoms with Gasteiger partial charge in [0, 0.05) is 11.3 Å². The number of anilines is 2. The molecule has 2 aromatic carbocycles. The van der Waals surface area contributed by atoms with Crippen LogP contribution in [0.25, 0.3) is 0 Å². The van der Waals surface area contributed by atoms with Crippen molar-refractivity contribution in [3.05, 3.63) is 59.9 Å². The minimum Gasteiger partial charge on any atom is -0.455 e. The van der Waals surface area contributed by atoms with Gasteiger partial charge in [0.1, 0.15) is 11.1 Å². The first kappa shape index (κ1) is 23.1. The second kappa shape index (κ2) is 11.1. The quantitative estimate of drug-likeness (QED) is 0.466. The van der Waals surface area contributed by atoms with Crippen molar-refractivity contribution in [1.82, 2.24) is 0 Å². The Balaban J connectivity index is 1.75. The van der Waals surface area contributed by atoms with Crippen LogP contribution in [0.4, 0.5) is 15.8 Å². The van der Waals surface area contributed by atoms with Crippen molar-refractivity contribution in [1.29, 1.82) is 0 Å². The molecule has 0 fully saturated rings. The van der Waals surface area contributed by atoms with Crippen molar-refractivity contribution in [2.45, 2.75) is 19.1 Å². The average molecular weight is 432 g/mol. The number of carbonyl (C=O) groups excluding carboxylic acids is 4. The molecule has 0 radical (unpaired) electrons. The number of Topliss-reactive ketones (excluding diaryl/α,β-unsaturated/α-hetero) is 1. The number of carbonyl (C=O) groups is 4. The van der Waals surface area contributed by atoms with Crippen molar-refractivity contribution < 1.29 is 28.3 Å². The molecule has 30 heavy (non-hydrogen) atoms. The van der Waals surface area contributed by atoms with Crippen molar-refractivity contribution in [2.75, 3.05) is 23.0 Å². The Labute approximate surface area is 177 Å². The number of ether oxygens (including phenoxy) is 1. The van der Waals surface area contributed by atoms with E-state index in [1.54, 1.807) is 31.2 Å². The van der Waals surface area contributed by atoms with Crippen LogP contribution in [-0.2, 0) is 19.1 Å². The van der Waals surface area contributed by atoms with Gasteiger partial charge in [-0.15, -0.1) is 11.8 Å². The molecule has 0 aliphatic carbocycles. The molecule has 0 aliphatic heterocycles. The van der Waals surface area contributed by atoms with Gasteiger partial charge < -0.3 is 15.4 Å². The molecule has 1 atom stereocenters. The van der Waals surface area contributed by atoms with Gasteiger partial charge in [-0.25, -0.2) is 4.39 Å². The van der Waals surface area contributed by atoms with Crippen LogP contribution in [0.2, 0.25) is 0 Å². The number of esters is 1. The SMILES string of the molecule is CC(=O)c1ccccc1NC(=O)COC(=O)C(C)SCC(=O)Nc1ccc(F)cc1. The van der Waals surface area contributed by atoms with E-state index in [1.807, 2.05) is 0 Å². The van der Waals surface area contributed by atoms with E-state index in [1.165, 1.54) is 31.2 Å². The first-order valence-electron chi connectivity index (χ1n) is 8.99. The number of hydrogen-bond donors (Lipinski definition) is 2. The maximum Gasteiger partial charge on any atom is 0.319 e. The van der Waals surface area contributed by atoms with Crippen LogP contribution >= 0.6 is 11.8 Å². The number of para-hydroxylation sites is 1.